The summed E-state index contributed by atoms with van der Waals surface area (Å²) in [6.07, 6.45) is 12.0. The van der Waals surface area contributed by atoms with Crippen LogP contribution < -0.4 is 9.80 Å². The molecule has 1 aliphatic rings. The first-order valence-corrected chi connectivity index (χ1v) is 20.2. The van der Waals surface area contributed by atoms with E-state index >= 15 is 0 Å². The summed E-state index contributed by atoms with van der Waals surface area (Å²) in [4.78, 5) is 4.86. The van der Waals surface area contributed by atoms with Gasteiger partial charge in [0.1, 0.15) is 0 Å². The SMILES string of the molecule is C=CC1=C(/C=C\C)c2cccc(N(c3ccccc3)c3ccc4ccc5c(N(c6ccccc6)c6cccc(/C(C=C)=C(/C=C)CC)c6)ccc6ccc3c4c65)c2C1. The molecule has 8 aromatic rings. The van der Waals surface area contributed by atoms with Gasteiger partial charge in [0.25, 0.3) is 0 Å². The third-order valence-electron chi connectivity index (χ3n) is 11.7. The lowest BCUT2D eigenvalue weighted by molar-refractivity contribution is 1.16. The molecule has 0 bridgehead atoms. The van der Waals surface area contributed by atoms with Gasteiger partial charge in [0.15, 0.2) is 0 Å². The lowest BCUT2D eigenvalue weighted by Crippen LogP contribution is -2.13. The normalized spacial score (nSPS) is 13.0. The first kappa shape index (κ1) is 36.5. The molecule has 0 aromatic heterocycles. The third-order valence-corrected chi connectivity index (χ3v) is 11.7. The zero-order valence-corrected chi connectivity index (χ0v) is 33.3. The largest absolute Gasteiger partial charge is 0.310 e. The van der Waals surface area contributed by atoms with Crippen molar-refractivity contribution in [3.63, 3.8) is 0 Å². The molecular weight excluding hydrogens is 701 g/mol. The predicted molar refractivity (Wildman–Crippen MR) is 253 cm³/mol. The molecule has 0 N–H and O–H groups in total. The Bertz CT molecular complexity index is 2960. The van der Waals surface area contributed by atoms with Crippen LogP contribution in [-0.2, 0) is 6.42 Å². The number of hydrogen-bond acceptors (Lipinski definition) is 2. The second kappa shape index (κ2) is 15.4. The smallest absolute Gasteiger partial charge is 0.0540 e. The van der Waals surface area contributed by atoms with Gasteiger partial charge < -0.3 is 9.80 Å². The molecule has 0 amide bonds. The minimum atomic E-state index is 0.834. The van der Waals surface area contributed by atoms with E-state index in [2.05, 4.69) is 207 Å². The summed E-state index contributed by atoms with van der Waals surface area (Å²) >= 11 is 0. The number of nitrogens with zero attached hydrogens (tertiary/aromatic N) is 2. The summed E-state index contributed by atoms with van der Waals surface area (Å²) in [5.74, 6) is 0. The summed E-state index contributed by atoms with van der Waals surface area (Å²) in [7, 11) is 0. The highest BCUT2D eigenvalue weighted by Crippen LogP contribution is 2.50. The number of hydrogen-bond donors (Lipinski definition) is 0. The number of benzene rings is 8. The van der Waals surface area contributed by atoms with Crippen LogP contribution in [0.25, 0.3) is 43.5 Å². The zero-order chi connectivity index (χ0) is 39.8. The quantitative estimate of drug-likeness (QED) is 0.0907. The van der Waals surface area contributed by atoms with Crippen LogP contribution in [0.5, 0.6) is 0 Å². The number of rotatable bonds is 12. The summed E-state index contributed by atoms with van der Waals surface area (Å²) in [6.45, 7) is 16.8. The van der Waals surface area contributed by atoms with Gasteiger partial charge in [-0.05, 0) is 128 Å². The molecule has 0 atom stereocenters. The topological polar surface area (TPSA) is 6.48 Å². The van der Waals surface area contributed by atoms with Gasteiger partial charge >= 0.3 is 0 Å². The average Bonchev–Trinajstić information content (AvgIpc) is 3.64. The molecule has 2 nitrogen and oxygen atoms in total. The van der Waals surface area contributed by atoms with E-state index in [-0.39, 0.29) is 0 Å². The van der Waals surface area contributed by atoms with Crippen molar-refractivity contribution >= 4 is 77.6 Å². The van der Waals surface area contributed by atoms with Gasteiger partial charge in [0.05, 0.1) is 17.1 Å². The fourth-order valence-corrected chi connectivity index (χ4v) is 9.07. The van der Waals surface area contributed by atoms with E-state index in [4.69, 9.17) is 0 Å². The summed E-state index contributed by atoms with van der Waals surface area (Å²) in [5, 5.41) is 7.37. The maximum atomic E-state index is 4.21. The van der Waals surface area contributed by atoms with E-state index in [1.165, 1.54) is 65.9 Å². The zero-order valence-electron chi connectivity index (χ0n) is 33.3. The molecule has 280 valence electrons. The Morgan fingerprint density at radius 2 is 1.17 bits per heavy atom. The van der Waals surface area contributed by atoms with Crippen LogP contribution in [0.4, 0.5) is 34.1 Å². The van der Waals surface area contributed by atoms with Gasteiger partial charge in [0, 0.05) is 34.3 Å². The Labute approximate surface area is 342 Å². The standard InChI is InChI=1S/C56H46N2/c1-6-19-47-39(9-4)37-51-48(47)26-18-27-52(51)58(44-23-15-12-16-24-44)54-35-31-41-28-32-49-53(34-30-40-29-33-50(54)56(41)55(40)49)57(43-21-13-11-14-22-43)45-25-17-20-42(36-45)46(10-5)38(7-2)8-3/h6-7,9-36H,2,4-5,8,37H2,1,3H3/b19-6-,46-38-. The van der Waals surface area contributed by atoms with Crippen LogP contribution in [0.15, 0.2) is 213 Å². The van der Waals surface area contributed by atoms with Crippen LogP contribution in [-0.4, -0.2) is 0 Å². The van der Waals surface area contributed by atoms with Crippen LogP contribution >= 0.6 is 0 Å². The Balaban J connectivity index is 1.28. The first-order valence-electron chi connectivity index (χ1n) is 20.2. The molecular formula is C56H46N2. The Kier molecular flexibility index (Phi) is 9.69. The Hall–Kier alpha value is -7.16. The molecule has 0 saturated heterocycles. The lowest BCUT2D eigenvalue weighted by Gasteiger charge is -2.30. The predicted octanol–water partition coefficient (Wildman–Crippen LogP) is 16.1. The van der Waals surface area contributed by atoms with Crippen molar-refractivity contribution in [2.45, 2.75) is 26.7 Å². The lowest BCUT2D eigenvalue weighted by atomic mass is 9.91. The van der Waals surface area contributed by atoms with E-state index < -0.39 is 0 Å². The molecule has 0 spiro atoms. The molecule has 0 heterocycles. The van der Waals surface area contributed by atoms with Gasteiger partial charge in [-0.3, -0.25) is 0 Å². The van der Waals surface area contributed by atoms with Crippen LogP contribution in [0.2, 0.25) is 0 Å². The highest BCUT2D eigenvalue weighted by atomic mass is 15.2. The minimum Gasteiger partial charge on any atom is -0.310 e. The molecule has 0 saturated carbocycles. The number of anilines is 6. The van der Waals surface area contributed by atoms with Crippen molar-refractivity contribution < 1.29 is 0 Å². The molecule has 8 aromatic carbocycles. The second-order valence-corrected chi connectivity index (χ2v) is 14.8. The molecule has 0 fully saturated rings. The van der Waals surface area contributed by atoms with E-state index in [0.29, 0.717) is 0 Å². The van der Waals surface area contributed by atoms with Gasteiger partial charge in [-0.2, -0.15) is 0 Å². The van der Waals surface area contributed by atoms with Gasteiger partial charge in [-0.25, -0.2) is 0 Å². The number of allylic oxidation sites excluding steroid dienone is 9. The van der Waals surface area contributed by atoms with E-state index in [1.54, 1.807) is 0 Å². The van der Waals surface area contributed by atoms with Gasteiger partial charge in [0.2, 0.25) is 0 Å². The monoisotopic (exact) mass is 746 g/mol. The fourth-order valence-electron chi connectivity index (χ4n) is 9.07. The molecule has 2 heteroatoms. The summed E-state index contributed by atoms with van der Waals surface area (Å²) in [6, 6.07) is 55.4. The summed E-state index contributed by atoms with van der Waals surface area (Å²) in [5.41, 5.74) is 15.3. The fraction of sp³-hybridized carbons (Fsp3) is 0.0714. The number of fused-ring (bicyclic) bond motifs is 1. The van der Waals surface area contributed by atoms with Gasteiger partial charge in [-0.15, -0.1) is 0 Å². The molecule has 0 unspecified atom stereocenters. The van der Waals surface area contributed by atoms with E-state index in [0.717, 1.165) is 52.4 Å². The van der Waals surface area contributed by atoms with Crippen LogP contribution in [0, 0.1) is 0 Å². The average molecular weight is 747 g/mol. The van der Waals surface area contributed by atoms with E-state index in [9.17, 15) is 0 Å². The molecule has 0 aliphatic heterocycles. The van der Waals surface area contributed by atoms with Crippen molar-refractivity contribution in [3.8, 4) is 0 Å². The highest BCUT2D eigenvalue weighted by molar-refractivity contribution is 6.28. The molecule has 58 heavy (non-hydrogen) atoms. The van der Waals surface area contributed by atoms with Crippen molar-refractivity contribution in [2.24, 2.45) is 0 Å². The summed E-state index contributed by atoms with van der Waals surface area (Å²) < 4.78 is 0. The van der Waals surface area contributed by atoms with Crippen LogP contribution in [0.1, 0.15) is 37.0 Å². The van der Waals surface area contributed by atoms with E-state index in [1.807, 2.05) is 18.2 Å². The second-order valence-electron chi connectivity index (χ2n) is 14.8. The number of para-hydroxylation sites is 2. The molecule has 1 aliphatic carbocycles. The van der Waals surface area contributed by atoms with Crippen molar-refractivity contribution in [2.75, 3.05) is 9.80 Å². The van der Waals surface area contributed by atoms with Gasteiger partial charge in [-0.1, -0.05) is 154 Å². The van der Waals surface area contributed by atoms with Crippen LogP contribution in [0.3, 0.4) is 0 Å². The maximum absolute atomic E-state index is 4.21. The van der Waals surface area contributed by atoms with Crippen molar-refractivity contribution in [3.05, 3.63) is 230 Å². The van der Waals surface area contributed by atoms with Crippen molar-refractivity contribution in [1.82, 2.24) is 0 Å². The highest BCUT2D eigenvalue weighted by Gasteiger charge is 2.27. The maximum Gasteiger partial charge on any atom is 0.0540 e. The van der Waals surface area contributed by atoms with Crippen molar-refractivity contribution in [1.29, 1.82) is 0 Å². The molecule has 0 radical (unpaired) electrons. The third kappa shape index (κ3) is 6.06. The Morgan fingerprint density at radius 1 is 0.586 bits per heavy atom. The first-order chi connectivity index (χ1) is 28.6. The minimum absolute atomic E-state index is 0.834. The molecule has 9 rings (SSSR count). The Morgan fingerprint density at radius 3 is 1.76 bits per heavy atom.